The fraction of sp³-hybridized carbons (Fsp3) is 0.261. The van der Waals surface area contributed by atoms with E-state index in [0.717, 1.165) is 29.0 Å². The highest BCUT2D eigenvalue weighted by Gasteiger charge is 2.36. The minimum absolute atomic E-state index is 0.104. The lowest BCUT2D eigenvalue weighted by Crippen LogP contribution is -2.22. The van der Waals surface area contributed by atoms with Crippen LogP contribution in [0.15, 0.2) is 53.4 Å². The molecular formula is C23H18ClF3N2O4S2. The number of carbonyl (C=O) groups is 2. The number of Topliss-reactive ketones (excluding diaryl/α,β-unsaturated/α-hetero) is 1. The molecule has 1 aromatic heterocycles. The van der Waals surface area contributed by atoms with Crippen molar-refractivity contribution in [2.75, 3.05) is 11.1 Å². The van der Waals surface area contributed by atoms with Gasteiger partial charge in [-0.3, -0.25) is 9.59 Å². The summed E-state index contributed by atoms with van der Waals surface area (Å²) >= 11 is 7.34. The van der Waals surface area contributed by atoms with Gasteiger partial charge in [-0.2, -0.15) is 13.2 Å². The SMILES string of the molecule is O=C(Cc1ccc(S(=O)(=O)CC(F)(F)F)cc1)Nc1nc2c(s1)C(=O)C(c1ccccc1Cl)CC2. The van der Waals surface area contributed by atoms with Gasteiger partial charge in [-0.05, 0) is 42.2 Å². The van der Waals surface area contributed by atoms with E-state index in [9.17, 15) is 31.2 Å². The number of aromatic nitrogens is 1. The Labute approximate surface area is 208 Å². The van der Waals surface area contributed by atoms with Crippen LogP contribution in [0.3, 0.4) is 0 Å². The number of alkyl halides is 3. The Bertz CT molecular complexity index is 1390. The second kappa shape index (κ2) is 9.71. The van der Waals surface area contributed by atoms with Crippen molar-refractivity contribution < 1.29 is 31.2 Å². The molecule has 0 radical (unpaired) electrons. The number of amides is 1. The molecule has 0 bridgehead atoms. The third kappa shape index (κ3) is 5.91. The Morgan fingerprint density at radius 3 is 2.49 bits per heavy atom. The Kier molecular flexibility index (Phi) is 7.03. The largest absolute Gasteiger partial charge is 0.403 e. The van der Waals surface area contributed by atoms with E-state index in [1.807, 2.05) is 12.1 Å². The number of benzene rings is 2. The molecule has 0 spiro atoms. The van der Waals surface area contributed by atoms with Gasteiger partial charge in [-0.25, -0.2) is 13.4 Å². The maximum Gasteiger partial charge on any atom is 0.403 e. The van der Waals surface area contributed by atoms with Crippen molar-refractivity contribution in [2.24, 2.45) is 0 Å². The number of anilines is 1. The summed E-state index contributed by atoms with van der Waals surface area (Å²) in [5.41, 5.74) is 1.77. The van der Waals surface area contributed by atoms with E-state index in [0.29, 0.717) is 34.0 Å². The quantitative estimate of drug-likeness (QED) is 0.460. The van der Waals surface area contributed by atoms with Gasteiger partial charge in [0.15, 0.2) is 26.5 Å². The number of thiazole rings is 1. The minimum atomic E-state index is -4.85. The van der Waals surface area contributed by atoms with E-state index < -0.39 is 32.6 Å². The first-order valence-electron chi connectivity index (χ1n) is 10.4. The number of rotatable bonds is 6. The molecule has 1 unspecified atom stereocenters. The number of carbonyl (C=O) groups excluding carboxylic acids is 2. The van der Waals surface area contributed by atoms with Crippen molar-refractivity contribution in [3.05, 3.63) is 75.3 Å². The Hall–Kier alpha value is -2.76. The van der Waals surface area contributed by atoms with Crippen LogP contribution in [0.25, 0.3) is 0 Å². The van der Waals surface area contributed by atoms with Crippen molar-refractivity contribution in [3.63, 3.8) is 0 Å². The Balaban J connectivity index is 1.42. The van der Waals surface area contributed by atoms with E-state index in [2.05, 4.69) is 10.3 Å². The van der Waals surface area contributed by atoms with Gasteiger partial charge >= 0.3 is 6.18 Å². The molecule has 2 aromatic carbocycles. The lowest BCUT2D eigenvalue weighted by atomic mass is 9.84. The number of halogens is 4. The lowest BCUT2D eigenvalue weighted by molar-refractivity contribution is -0.115. The highest BCUT2D eigenvalue weighted by Crippen LogP contribution is 2.39. The third-order valence-electron chi connectivity index (χ3n) is 5.44. The molecular weight excluding hydrogens is 525 g/mol. The van der Waals surface area contributed by atoms with Crippen molar-refractivity contribution in [3.8, 4) is 0 Å². The molecule has 0 saturated carbocycles. The zero-order chi connectivity index (χ0) is 25.4. The first-order valence-corrected chi connectivity index (χ1v) is 13.2. The van der Waals surface area contributed by atoms with E-state index in [1.165, 1.54) is 12.1 Å². The van der Waals surface area contributed by atoms with Crippen LogP contribution in [-0.2, 0) is 27.5 Å². The lowest BCUT2D eigenvalue weighted by Gasteiger charge is -2.20. The number of sulfone groups is 1. The molecule has 1 aliphatic rings. The van der Waals surface area contributed by atoms with E-state index in [1.54, 1.807) is 12.1 Å². The normalized spacial score (nSPS) is 16.1. The summed E-state index contributed by atoms with van der Waals surface area (Å²) in [4.78, 5) is 29.9. The number of nitrogens with zero attached hydrogens (tertiary/aromatic N) is 1. The number of fused-ring (bicyclic) bond motifs is 1. The molecule has 1 amide bonds. The van der Waals surface area contributed by atoms with Crippen molar-refractivity contribution in [1.29, 1.82) is 0 Å². The van der Waals surface area contributed by atoms with Gasteiger partial charge in [0, 0.05) is 5.02 Å². The summed E-state index contributed by atoms with van der Waals surface area (Å²) in [6, 6.07) is 11.8. The van der Waals surface area contributed by atoms with E-state index >= 15 is 0 Å². The molecule has 1 aliphatic carbocycles. The zero-order valence-electron chi connectivity index (χ0n) is 17.9. The highest BCUT2D eigenvalue weighted by molar-refractivity contribution is 7.91. The molecule has 1 heterocycles. The second-order valence-corrected chi connectivity index (χ2v) is 11.4. The van der Waals surface area contributed by atoms with Crippen molar-refractivity contribution in [2.45, 2.75) is 36.3 Å². The first kappa shape index (κ1) is 25.3. The number of nitrogens with one attached hydrogen (secondary N) is 1. The fourth-order valence-electron chi connectivity index (χ4n) is 3.85. The van der Waals surface area contributed by atoms with Gasteiger partial charge in [-0.15, -0.1) is 0 Å². The standard InChI is InChI=1S/C23H18ClF3N2O4S2/c24-17-4-2-1-3-15(17)16-9-10-18-21(20(16)31)34-22(28-18)29-19(30)11-13-5-7-14(8-6-13)35(32,33)12-23(25,26)27/h1-8,16H,9-12H2,(H,28,29,30). The second-order valence-electron chi connectivity index (χ2n) is 8.02. The number of hydrogen-bond donors (Lipinski definition) is 1. The van der Waals surface area contributed by atoms with Gasteiger partial charge in [0.25, 0.3) is 0 Å². The Morgan fingerprint density at radius 2 is 1.83 bits per heavy atom. The molecule has 0 fully saturated rings. The predicted molar refractivity (Wildman–Crippen MR) is 126 cm³/mol. The van der Waals surface area contributed by atoms with Gasteiger partial charge in [0.2, 0.25) is 5.91 Å². The summed E-state index contributed by atoms with van der Waals surface area (Å²) in [5, 5.41) is 3.41. The van der Waals surface area contributed by atoms with Crippen molar-refractivity contribution in [1.82, 2.24) is 4.98 Å². The van der Waals surface area contributed by atoms with Crippen LogP contribution in [0.1, 0.15) is 38.8 Å². The van der Waals surface area contributed by atoms with Crippen LogP contribution in [0.4, 0.5) is 18.3 Å². The first-order chi connectivity index (χ1) is 16.4. The van der Waals surface area contributed by atoms with Gasteiger partial charge < -0.3 is 5.32 Å². The molecule has 1 N–H and O–H groups in total. The van der Waals surface area contributed by atoms with E-state index in [4.69, 9.17) is 11.6 Å². The van der Waals surface area contributed by atoms with E-state index in [-0.39, 0.29) is 23.3 Å². The van der Waals surface area contributed by atoms with Crippen LogP contribution in [0.2, 0.25) is 5.02 Å². The zero-order valence-corrected chi connectivity index (χ0v) is 20.3. The topological polar surface area (TPSA) is 93.2 Å². The molecule has 0 saturated heterocycles. The average molecular weight is 543 g/mol. The maximum atomic E-state index is 13.0. The third-order valence-corrected chi connectivity index (χ3v) is 8.50. The number of hydrogen-bond acceptors (Lipinski definition) is 6. The maximum absolute atomic E-state index is 13.0. The summed E-state index contributed by atoms with van der Waals surface area (Å²) in [7, 11) is -4.52. The van der Waals surface area contributed by atoms with Crippen LogP contribution in [0, 0.1) is 0 Å². The smallest absolute Gasteiger partial charge is 0.302 e. The molecule has 35 heavy (non-hydrogen) atoms. The molecule has 3 aromatic rings. The van der Waals surface area contributed by atoms with Gasteiger partial charge in [-0.1, -0.05) is 53.3 Å². The fourth-order valence-corrected chi connectivity index (χ4v) is 6.29. The minimum Gasteiger partial charge on any atom is -0.302 e. The molecule has 1 atom stereocenters. The molecule has 0 aliphatic heterocycles. The molecule has 6 nitrogen and oxygen atoms in total. The molecule has 12 heteroatoms. The summed E-state index contributed by atoms with van der Waals surface area (Å²) < 4.78 is 61.1. The summed E-state index contributed by atoms with van der Waals surface area (Å²) in [6.45, 7) is 0. The molecule has 184 valence electrons. The number of ketones is 1. The van der Waals surface area contributed by atoms with Crippen LogP contribution < -0.4 is 5.32 Å². The molecule has 4 rings (SSSR count). The summed E-state index contributed by atoms with van der Waals surface area (Å²) in [5.74, 6) is -2.90. The van der Waals surface area contributed by atoms with Crippen LogP contribution in [0.5, 0.6) is 0 Å². The van der Waals surface area contributed by atoms with Gasteiger partial charge in [0.1, 0.15) is 0 Å². The van der Waals surface area contributed by atoms with Crippen LogP contribution >= 0.6 is 22.9 Å². The predicted octanol–water partition coefficient (Wildman–Crippen LogP) is 5.23. The monoisotopic (exact) mass is 542 g/mol. The Morgan fingerprint density at radius 1 is 1.14 bits per heavy atom. The van der Waals surface area contributed by atoms with Crippen molar-refractivity contribution >= 4 is 49.6 Å². The van der Waals surface area contributed by atoms with Gasteiger partial charge in [0.05, 0.1) is 27.8 Å². The average Bonchev–Trinajstić information content (AvgIpc) is 3.17. The number of aryl methyl sites for hydroxylation is 1. The van der Waals surface area contributed by atoms with Crippen LogP contribution in [-0.4, -0.2) is 37.0 Å². The highest BCUT2D eigenvalue weighted by atomic mass is 35.5. The summed E-state index contributed by atoms with van der Waals surface area (Å²) in [6.07, 6.45) is -3.90.